The lowest BCUT2D eigenvalue weighted by Gasteiger charge is -2.15. The molecule has 1 atom stereocenters. The summed E-state index contributed by atoms with van der Waals surface area (Å²) >= 11 is 1.62. The maximum atomic E-state index is 10.5. The van der Waals surface area contributed by atoms with E-state index in [0.717, 1.165) is 34.9 Å². The third kappa shape index (κ3) is 5.26. The second-order valence-corrected chi connectivity index (χ2v) is 8.12. The summed E-state index contributed by atoms with van der Waals surface area (Å²) in [5.74, 6) is 2.66. The van der Waals surface area contributed by atoms with Crippen molar-refractivity contribution in [2.75, 3.05) is 13.6 Å². The van der Waals surface area contributed by atoms with E-state index in [1.807, 2.05) is 18.2 Å². The molecular formula is C20H27IN6OS. The van der Waals surface area contributed by atoms with E-state index in [1.54, 1.807) is 18.4 Å². The van der Waals surface area contributed by atoms with Crippen molar-refractivity contribution in [1.29, 1.82) is 0 Å². The lowest BCUT2D eigenvalue weighted by molar-refractivity contribution is 0.184. The molecule has 1 aliphatic heterocycles. The van der Waals surface area contributed by atoms with E-state index in [1.165, 1.54) is 24.0 Å². The second-order valence-electron chi connectivity index (χ2n) is 7.00. The highest BCUT2D eigenvalue weighted by Gasteiger charge is 2.15. The van der Waals surface area contributed by atoms with Crippen molar-refractivity contribution >= 4 is 51.4 Å². The van der Waals surface area contributed by atoms with Gasteiger partial charge in [-0.05, 0) is 30.4 Å². The van der Waals surface area contributed by atoms with E-state index in [0.29, 0.717) is 19.0 Å². The standard InChI is InChI=1S/C20H26N6OS.HI/c1-21-20(23-13-19-25-24-18-9-3-2-6-10-26(18)19)22-12-15(27)17-11-14-7-4-5-8-16(14)28-17;/h4-5,7-8,11,15,27H,2-3,6,9-10,12-13H2,1H3,(H2,21,22,23);1H. The fourth-order valence-electron chi connectivity index (χ4n) is 3.52. The molecule has 7 nitrogen and oxygen atoms in total. The fraction of sp³-hybridized carbons (Fsp3) is 0.450. The molecule has 1 aliphatic rings. The molecule has 3 N–H and O–H groups in total. The average molecular weight is 526 g/mol. The summed E-state index contributed by atoms with van der Waals surface area (Å²) in [6.45, 7) is 1.94. The highest BCUT2D eigenvalue weighted by molar-refractivity contribution is 14.0. The quantitative estimate of drug-likeness (QED) is 0.270. The average Bonchev–Trinajstić information content (AvgIpc) is 3.25. The number of guanidine groups is 1. The first-order valence-electron chi connectivity index (χ1n) is 9.76. The molecule has 0 aliphatic carbocycles. The Labute approximate surface area is 191 Å². The molecule has 0 amide bonds. The highest BCUT2D eigenvalue weighted by atomic mass is 127. The van der Waals surface area contributed by atoms with Crippen molar-refractivity contribution < 1.29 is 5.11 Å². The number of benzene rings is 1. The third-order valence-corrected chi connectivity index (χ3v) is 6.28. The van der Waals surface area contributed by atoms with E-state index in [4.69, 9.17) is 0 Å². The molecule has 2 aromatic heterocycles. The van der Waals surface area contributed by atoms with E-state index in [-0.39, 0.29) is 24.0 Å². The van der Waals surface area contributed by atoms with Gasteiger partial charge in [0, 0.05) is 36.1 Å². The van der Waals surface area contributed by atoms with Gasteiger partial charge in [-0.1, -0.05) is 24.6 Å². The zero-order valence-electron chi connectivity index (χ0n) is 16.5. The van der Waals surface area contributed by atoms with Crippen molar-refractivity contribution in [2.24, 2.45) is 4.99 Å². The second kappa shape index (κ2) is 10.4. The Balaban J connectivity index is 0.00000240. The van der Waals surface area contributed by atoms with E-state index >= 15 is 0 Å². The Bertz CT molecular complexity index is 936. The fourth-order valence-corrected chi connectivity index (χ4v) is 4.57. The molecule has 29 heavy (non-hydrogen) atoms. The molecule has 0 saturated carbocycles. The molecule has 0 saturated heterocycles. The number of fused-ring (bicyclic) bond motifs is 2. The van der Waals surface area contributed by atoms with Gasteiger partial charge < -0.3 is 20.3 Å². The summed E-state index contributed by atoms with van der Waals surface area (Å²) in [5.41, 5.74) is 0. The van der Waals surface area contributed by atoms with Crippen LogP contribution in [0.15, 0.2) is 35.3 Å². The van der Waals surface area contributed by atoms with Crippen molar-refractivity contribution in [2.45, 2.75) is 44.9 Å². The summed E-state index contributed by atoms with van der Waals surface area (Å²) < 4.78 is 3.41. The first-order chi connectivity index (χ1) is 13.7. The van der Waals surface area contributed by atoms with Gasteiger partial charge in [0.25, 0.3) is 0 Å². The number of aliphatic hydroxyl groups is 1. The number of nitrogens with zero attached hydrogens (tertiary/aromatic N) is 4. The molecule has 0 bridgehead atoms. The summed E-state index contributed by atoms with van der Waals surface area (Å²) in [7, 11) is 1.73. The van der Waals surface area contributed by atoms with Crippen molar-refractivity contribution in [3.05, 3.63) is 46.9 Å². The predicted octanol–water partition coefficient (Wildman–Crippen LogP) is 3.24. The van der Waals surface area contributed by atoms with Crippen LogP contribution >= 0.6 is 35.3 Å². The third-order valence-electron chi connectivity index (χ3n) is 5.06. The van der Waals surface area contributed by atoms with Crippen LogP contribution in [0, 0.1) is 0 Å². The first kappa shape index (κ1) is 22.0. The molecule has 0 radical (unpaired) electrons. The maximum Gasteiger partial charge on any atom is 0.191 e. The van der Waals surface area contributed by atoms with Crippen LogP contribution in [-0.2, 0) is 19.5 Å². The number of thiophene rings is 1. The lowest BCUT2D eigenvalue weighted by Crippen LogP contribution is -2.39. The largest absolute Gasteiger partial charge is 0.386 e. The monoisotopic (exact) mass is 526 g/mol. The van der Waals surface area contributed by atoms with Crippen molar-refractivity contribution in [3.63, 3.8) is 0 Å². The molecule has 0 spiro atoms. The Morgan fingerprint density at radius 1 is 1.24 bits per heavy atom. The maximum absolute atomic E-state index is 10.5. The molecule has 1 aromatic carbocycles. The number of rotatable bonds is 5. The lowest BCUT2D eigenvalue weighted by atomic mass is 10.2. The molecular weight excluding hydrogens is 499 g/mol. The zero-order chi connectivity index (χ0) is 19.3. The van der Waals surface area contributed by atoms with Gasteiger partial charge in [0.1, 0.15) is 11.9 Å². The van der Waals surface area contributed by atoms with Gasteiger partial charge in [-0.25, -0.2) is 0 Å². The first-order valence-corrected chi connectivity index (χ1v) is 10.6. The molecule has 3 heterocycles. The summed E-state index contributed by atoms with van der Waals surface area (Å²) in [6, 6.07) is 10.2. The minimum absolute atomic E-state index is 0. The van der Waals surface area contributed by atoms with Crippen LogP contribution in [0.1, 0.15) is 41.9 Å². The van der Waals surface area contributed by atoms with Gasteiger partial charge in [-0.15, -0.1) is 45.5 Å². The number of halogens is 1. The minimum Gasteiger partial charge on any atom is -0.386 e. The van der Waals surface area contributed by atoms with Crippen molar-refractivity contribution in [1.82, 2.24) is 25.4 Å². The van der Waals surface area contributed by atoms with Crippen LogP contribution in [0.2, 0.25) is 0 Å². The Morgan fingerprint density at radius 2 is 2.10 bits per heavy atom. The van der Waals surface area contributed by atoms with Gasteiger partial charge in [-0.2, -0.15) is 0 Å². The predicted molar refractivity (Wildman–Crippen MR) is 128 cm³/mol. The highest BCUT2D eigenvalue weighted by Crippen LogP contribution is 2.29. The number of hydrogen-bond donors (Lipinski definition) is 3. The summed E-state index contributed by atoms with van der Waals surface area (Å²) in [6.07, 6.45) is 4.02. The molecule has 3 aromatic rings. The van der Waals surface area contributed by atoms with E-state index < -0.39 is 6.10 Å². The summed E-state index contributed by atoms with van der Waals surface area (Å²) in [4.78, 5) is 5.21. The van der Waals surface area contributed by atoms with Gasteiger partial charge in [0.2, 0.25) is 0 Å². The number of aryl methyl sites for hydroxylation is 1. The van der Waals surface area contributed by atoms with Gasteiger partial charge >= 0.3 is 0 Å². The van der Waals surface area contributed by atoms with E-state index in [9.17, 15) is 5.11 Å². The summed E-state index contributed by atoms with van der Waals surface area (Å²) in [5, 5.41) is 26.9. The SMILES string of the molecule is CN=C(NCc1nnc2n1CCCCC2)NCC(O)c1cc2ccccc2s1.I. The van der Waals surface area contributed by atoms with Crippen LogP contribution in [0.25, 0.3) is 10.1 Å². The molecule has 0 fully saturated rings. The Kier molecular flexibility index (Phi) is 7.84. The number of nitrogens with one attached hydrogen (secondary N) is 2. The molecule has 156 valence electrons. The Hall–Kier alpha value is -1.72. The van der Waals surface area contributed by atoms with Crippen molar-refractivity contribution in [3.8, 4) is 0 Å². The van der Waals surface area contributed by atoms with Crippen LogP contribution in [0.4, 0.5) is 0 Å². The minimum atomic E-state index is -0.583. The van der Waals surface area contributed by atoms with Gasteiger partial charge in [0.15, 0.2) is 11.8 Å². The van der Waals surface area contributed by atoms with E-state index in [2.05, 4.69) is 42.5 Å². The number of hydrogen-bond acceptors (Lipinski definition) is 5. The number of aliphatic imine (C=N–C) groups is 1. The van der Waals surface area contributed by atoms with Gasteiger partial charge in [-0.3, -0.25) is 4.99 Å². The number of aliphatic hydroxyl groups excluding tert-OH is 1. The van der Waals surface area contributed by atoms with Crippen LogP contribution in [0.5, 0.6) is 0 Å². The topological polar surface area (TPSA) is 87.4 Å². The van der Waals surface area contributed by atoms with Crippen LogP contribution in [-0.4, -0.2) is 39.4 Å². The van der Waals surface area contributed by atoms with Gasteiger partial charge in [0.05, 0.1) is 6.54 Å². The van der Waals surface area contributed by atoms with Crippen LogP contribution in [0.3, 0.4) is 0 Å². The van der Waals surface area contributed by atoms with Crippen LogP contribution < -0.4 is 10.6 Å². The molecule has 9 heteroatoms. The smallest absolute Gasteiger partial charge is 0.191 e. The normalized spacial score (nSPS) is 15.3. The Morgan fingerprint density at radius 3 is 2.93 bits per heavy atom. The molecule has 4 rings (SSSR count). The molecule has 1 unspecified atom stereocenters. The zero-order valence-corrected chi connectivity index (χ0v) is 19.6. The number of aromatic nitrogens is 3.